The van der Waals surface area contributed by atoms with Gasteiger partial charge < -0.3 is 15.4 Å². The predicted molar refractivity (Wildman–Crippen MR) is 128 cm³/mol. The molecule has 31 heavy (non-hydrogen) atoms. The molecular weight excluding hydrogens is 430 g/mol. The fourth-order valence-corrected chi connectivity index (χ4v) is 5.51. The topological polar surface area (TPSA) is 80.3 Å². The van der Waals surface area contributed by atoms with Crippen LogP contribution in [0.1, 0.15) is 53.5 Å². The zero-order valence-electron chi connectivity index (χ0n) is 18.4. The summed E-state index contributed by atoms with van der Waals surface area (Å²) in [6.45, 7) is 2.22. The van der Waals surface area contributed by atoms with Crippen molar-refractivity contribution >= 4 is 40.0 Å². The number of amides is 2. The molecule has 2 atom stereocenters. The lowest BCUT2D eigenvalue weighted by molar-refractivity contribution is -0.118. The first kappa shape index (κ1) is 23.6. The Morgan fingerprint density at radius 3 is 2.90 bits per heavy atom. The summed E-state index contributed by atoms with van der Waals surface area (Å²) in [5, 5.41) is 6.47. The van der Waals surface area contributed by atoms with Crippen molar-refractivity contribution in [3.63, 3.8) is 0 Å². The van der Waals surface area contributed by atoms with Gasteiger partial charge >= 0.3 is 0 Å². The highest BCUT2D eigenvalue weighted by Crippen LogP contribution is 2.34. The van der Waals surface area contributed by atoms with Gasteiger partial charge in [-0.2, -0.15) is 11.8 Å². The minimum atomic E-state index is -0.640. The van der Waals surface area contributed by atoms with Crippen LogP contribution >= 0.6 is 23.1 Å². The molecule has 2 N–H and O–H groups in total. The maximum absolute atomic E-state index is 13.0. The summed E-state index contributed by atoms with van der Waals surface area (Å²) in [6, 6.07) is 6.37. The van der Waals surface area contributed by atoms with Gasteiger partial charge in [0.25, 0.3) is 5.91 Å². The van der Waals surface area contributed by atoms with E-state index in [4.69, 9.17) is 4.74 Å². The molecule has 8 heteroatoms. The zero-order chi connectivity index (χ0) is 22.2. The summed E-state index contributed by atoms with van der Waals surface area (Å²) < 4.78 is 5.28. The molecule has 0 bridgehead atoms. The van der Waals surface area contributed by atoms with Crippen molar-refractivity contribution in [2.24, 2.45) is 5.92 Å². The van der Waals surface area contributed by atoms with E-state index in [9.17, 15) is 9.59 Å². The van der Waals surface area contributed by atoms with E-state index in [0.717, 1.165) is 30.2 Å². The van der Waals surface area contributed by atoms with Crippen LogP contribution in [-0.2, 0) is 17.6 Å². The number of rotatable bonds is 10. The van der Waals surface area contributed by atoms with Gasteiger partial charge in [-0.05, 0) is 55.7 Å². The standard InChI is InChI=1S/C23H31N3O3S2/c1-4-7-15-10-11-17-20(14-15)31-23(25-17)26-22(28)18(12-13-30-3)24-21(27)16-8-5-6-9-19(16)29-2/h5-6,8-9,15,18H,4,7,10-14H2,1-3H3,(H,24,27)(H,25,26,28). The zero-order valence-corrected chi connectivity index (χ0v) is 20.0. The number of ether oxygens (including phenoxy) is 1. The first-order valence-corrected chi connectivity index (χ1v) is 13.0. The number of anilines is 1. The van der Waals surface area contributed by atoms with E-state index < -0.39 is 6.04 Å². The number of thiazole rings is 1. The monoisotopic (exact) mass is 461 g/mol. The van der Waals surface area contributed by atoms with Crippen LogP contribution < -0.4 is 15.4 Å². The number of fused-ring (bicyclic) bond motifs is 1. The number of thioether (sulfide) groups is 1. The molecular formula is C23H31N3O3S2. The van der Waals surface area contributed by atoms with Crippen molar-refractivity contribution in [1.29, 1.82) is 0 Å². The van der Waals surface area contributed by atoms with Crippen molar-refractivity contribution in [2.45, 2.75) is 51.5 Å². The van der Waals surface area contributed by atoms with Crippen molar-refractivity contribution in [3.05, 3.63) is 40.4 Å². The van der Waals surface area contributed by atoms with Gasteiger partial charge in [0, 0.05) is 4.88 Å². The molecule has 0 fully saturated rings. The van der Waals surface area contributed by atoms with E-state index in [-0.39, 0.29) is 11.8 Å². The van der Waals surface area contributed by atoms with Crippen LogP contribution in [0.25, 0.3) is 0 Å². The molecule has 2 aromatic rings. The number of carbonyl (C=O) groups excluding carboxylic acids is 2. The molecule has 0 saturated heterocycles. The van der Waals surface area contributed by atoms with E-state index in [1.54, 1.807) is 41.3 Å². The largest absolute Gasteiger partial charge is 0.496 e. The molecule has 1 aromatic heterocycles. The summed E-state index contributed by atoms with van der Waals surface area (Å²) in [4.78, 5) is 31.8. The highest BCUT2D eigenvalue weighted by atomic mass is 32.2. The van der Waals surface area contributed by atoms with Gasteiger partial charge in [-0.15, -0.1) is 11.3 Å². The van der Waals surface area contributed by atoms with Gasteiger partial charge in [0.2, 0.25) is 5.91 Å². The number of methoxy groups -OCH3 is 1. The number of aromatic nitrogens is 1. The van der Waals surface area contributed by atoms with Crippen molar-refractivity contribution in [2.75, 3.05) is 24.4 Å². The maximum atomic E-state index is 13.0. The molecule has 0 saturated carbocycles. The molecule has 0 spiro atoms. The van der Waals surface area contributed by atoms with Crippen LogP contribution in [0.2, 0.25) is 0 Å². The average molecular weight is 462 g/mol. The number of hydrogen-bond donors (Lipinski definition) is 2. The van der Waals surface area contributed by atoms with E-state index in [1.165, 1.54) is 31.2 Å². The number of carbonyl (C=O) groups is 2. The smallest absolute Gasteiger partial charge is 0.255 e. The lowest BCUT2D eigenvalue weighted by atomic mass is 9.88. The fraction of sp³-hybridized carbons (Fsp3) is 0.522. The Morgan fingerprint density at radius 2 is 2.16 bits per heavy atom. The summed E-state index contributed by atoms with van der Waals surface area (Å²) in [7, 11) is 1.53. The van der Waals surface area contributed by atoms with E-state index in [1.807, 2.05) is 12.3 Å². The van der Waals surface area contributed by atoms with Gasteiger partial charge in [-0.3, -0.25) is 9.59 Å². The summed E-state index contributed by atoms with van der Waals surface area (Å²) >= 11 is 3.22. The second kappa shape index (κ2) is 11.5. The maximum Gasteiger partial charge on any atom is 0.255 e. The molecule has 1 aliphatic rings. The molecule has 1 aromatic carbocycles. The number of nitrogens with zero attached hydrogens (tertiary/aromatic N) is 1. The highest BCUT2D eigenvalue weighted by molar-refractivity contribution is 7.98. The Kier molecular flexibility index (Phi) is 8.78. The SMILES string of the molecule is CCCC1CCc2nc(NC(=O)C(CCSC)NC(=O)c3ccccc3OC)sc2C1. The van der Waals surface area contributed by atoms with Crippen molar-refractivity contribution < 1.29 is 14.3 Å². The van der Waals surface area contributed by atoms with Gasteiger partial charge in [0.1, 0.15) is 11.8 Å². The third kappa shape index (κ3) is 6.23. The Bertz CT molecular complexity index is 900. The Hall–Kier alpha value is -2.06. The first-order valence-electron chi connectivity index (χ1n) is 10.8. The van der Waals surface area contributed by atoms with Crippen LogP contribution in [0, 0.1) is 5.92 Å². The number of benzene rings is 1. The minimum absolute atomic E-state index is 0.228. The molecule has 6 nitrogen and oxygen atoms in total. The lowest BCUT2D eigenvalue weighted by Gasteiger charge is -2.19. The van der Waals surface area contributed by atoms with Gasteiger partial charge in [0.15, 0.2) is 5.13 Å². The van der Waals surface area contributed by atoms with Crippen molar-refractivity contribution in [3.8, 4) is 5.75 Å². The Labute approximate surface area is 192 Å². The van der Waals surface area contributed by atoms with Gasteiger partial charge in [-0.25, -0.2) is 4.98 Å². The summed E-state index contributed by atoms with van der Waals surface area (Å²) in [5.74, 6) is 1.42. The molecule has 0 aliphatic heterocycles. The normalized spacial score (nSPS) is 16.3. The second-order valence-corrected chi connectivity index (χ2v) is 9.85. The third-order valence-electron chi connectivity index (χ3n) is 5.55. The van der Waals surface area contributed by atoms with Crippen LogP contribution in [0.3, 0.4) is 0 Å². The molecule has 3 rings (SSSR count). The van der Waals surface area contributed by atoms with Gasteiger partial charge in [0.05, 0.1) is 18.4 Å². The third-order valence-corrected chi connectivity index (χ3v) is 7.23. The van der Waals surface area contributed by atoms with E-state index in [0.29, 0.717) is 22.9 Å². The number of aryl methyl sites for hydroxylation is 1. The first-order chi connectivity index (χ1) is 15.0. The summed E-state index contributed by atoms with van der Waals surface area (Å²) in [6.07, 6.45) is 8.17. The van der Waals surface area contributed by atoms with Crippen LogP contribution in [0.5, 0.6) is 5.75 Å². The molecule has 1 aliphatic carbocycles. The van der Waals surface area contributed by atoms with Gasteiger partial charge in [-0.1, -0.05) is 31.9 Å². The van der Waals surface area contributed by atoms with E-state index >= 15 is 0 Å². The number of para-hydroxylation sites is 1. The van der Waals surface area contributed by atoms with Crippen molar-refractivity contribution in [1.82, 2.24) is 10.3 Å². The quantitative estimate of drug-likeness (QED) is 0.543. The Morgan fingerprint density at radius 1 is 1.35 bits per heavy atom. The highest BCUT2D eigenvalue weighted by Gasteiger charge is 2.26. The van der Waals surface area contributed by atoms with Crippen LogP contribution in [0.15, 0.2) is 24.3 Å². The molecule has 1 heterocycles. The average Bonchev–Trinajstić information content (AvgIpc) is 3.18. The van der Waals surface area contributed by atoms with Crippen LogP contribution in [0.4, 0.5) is 5.13 Å². The Balaban J connectivity index is 1.68. The fourth-order valence-electron chi connectivity index (χ4n) is 3.92. The van der Waals surface area contributed by atoms with Crippen LogP contribution in [-0.4, -0.2) is 42.0 Å². The minimum Gasteiger partial charge on any atom is -0.496 e. The molecule has 2 amide bonds. The summed E-state index contributed by atoms with van der Waals surface area (Å²) in [5.41, 5.74) is 1.53. The lowest BCUT2D eigenvalue weighted by Crippen LogP contribution is -2.44. The molecule has 168 valence electrons. The molecule has 2 unspecified atom stereocenters. The number of hydrogen-bond acceptors (Lipinski definition) is 6. The second-order valence-electron chi connectivity index (χ2n) is 7.78. The molecule has 0 radical (unpaired) electrons. The van der Waals surface area contributed by atoms with E-state index in [2.05, 4.69) is 22.5 Å². The number of nitrogens with one attached hydrogen (secondary N) is 2. The predicted octanol–water partition coefficient (Wildman–Crippen LogP) is 4.55.